The number of carbonyl (C=O) groups is 2. The number of hydrogen-bond donors (Lipinski definition) is 2. The lowest BCUT2D eigenvalue weighted by Gasteiger charge is -2.04. The monoisotopic (exact) mass is 328 g/mol. The number of nitrogens with one attached hydrogen (secondary N) is 1. The summed E-state index contributed by atoms with van der Waals surface area (Å²) in [4.78, 5) is 26.3. The summed E-state index contributed by atoms with van der Waals surface area (Å²) in [7, 11) is 0. The van der Waals surface area contributed by atoms with E-state index in [4.69, 9.17) is 9.94 Å². The molecule has 0 spiro atoms. The molecule has 1 radical (unpaired) electrons. The number of carbonyl (C=O) groups excluding carboxylic acids is 1. The zero-order valence-electron chi connectivity index (χ0n) is 14.6. The molecule has 0 aliphatic rings. The first-order valence-corrected chi connectivity index (χ1v) is 9.11. The van der Waals surface area contributed by atoms with Crippen molar-refractivity contribution in [3.8, 4) is 0 Å². The molecule has 0 aromatic rings. The highest BCUT2D eigenvalue weighted by Gasteiger charge is 2.00. The Kier molecular flexibility index (Phi) is 16.4. The number of hydrogen-bond acceptors (Lipinski definition) is 3. The Hall–Kier alpha value is -1.10. The third kappa shape index (κ3) is 18.9. The summed E-state index contributed by atoms with van der Waals surface area (Å²) in [6.07, 6.45) is 14.7. The fourth-order valence-corrected chi connectivity index (χ4v) is 2.51. The summed E-state index contributed by atoms with van der Waals surface area (Å²) in [5.74, 6) is -0.732. The first-order valence-electron chi connectivity index (χ1n) is 9.11. The number of aliphatic carboxylic acids is 1. The summed E-state index contributed by atoms with van der Waals surface area (Å²) in [5, 5.41) is 8.53. The predicted octanol–water partition coefficient (Wildman–Crippen LogP) is 4.76. The fourth-order valence-electron chi connectivity index (χ4n) is 2.51. The predicted molar refractivity (Wildman–Crippen MR) is 91.5 cm³/mol. The zero-order chi connectivity index (χ0) is 17.2. The van der Waals surface area contributed by atoms with Gasteiger partial charge in [-0.05, 0) is 19.8 Å². The van der Waals surface area contributed by atoms with Gasteiger partial charge in [-0.3, -0.25) is 14.4 Å². The third-order valence-corrected chi connectivity index (χ3v) is 3.84. The van der Waals surface area contributed by atoms with Crippen LogP contribution >= 0.6 is 0 Å². The van der Waals surface area contributed by atoms with E-state index >= 15 is 0 Å². The average molecular weight is 328 g/mol. The maximum atomic E-state index is 11.3. The van der Waals surface area contributed by atoms with E-state index < -0.39 is 5.97 Å². The van der Waals surface area contributed by atoms with Gasteiger partial charge in [0.15, 0.2) is 0 Å². The van der Waals surface area contributed by atoms with Crippen LogP contribution < -0.4 is 5.48 Å². The number of carboxylic acids is 1. The molecule has 0 atom stereocenters. The van der Waals surface area contributed by atoms with Gasteiger partial charge in [-0.1, -0.05) is 64.2 Å². The summed E-state index contributed by atoms with van der Waals surface area (Å²) >= 11 is 0. The number of carboxylic acid groups (broad SMARTS) is 1. The third-order valence-electron chi connectivity index (χ3n) is 3.84. The second-order valence-electron chi connectivity index (χ2n) is 6.02. The molecule has 5 heteroatoms. The molecule has 23 heavy (non-hydrogen) atoms. The minimum absolute atomic E-state index is 0.0496. The normalized spacial score (nSPS) is 10.7. The standard InChI is InChI=1S/C18H34NO4/c1-2-23-19-17(20)15-13-11-9-7-5-3-4-6-8-10-12-14-16-18(21)22/h2H,3-16H2,1H3,(H,19,20)(H,21,22). The van der Waals surface area contributed by atoms with E-state index in [1.54, 1.807) is 6.92 Å². The van der Waals surface area contributed by atoms with Crippen LogP contribution in [0.1, 0.15) is 96.8 Å². The summed E-state index contributed by atoms with van der Waals surface area (Å²) in [6.45, 7) is 3.17. The maximum absolute atomic E-state index is 11.3. The zero-order valence-corrected chi connectivity index (χ0v) is 14.6. The SMILES string of the molecule is C[CH]ONC(=O)CCCCCCCCCCCCCCC(=O)O. The Balaban J connectivity index is 3.08. The molecular weight excluding hydrogens is 294 g/mol. The number of rotatable bonds is 17. The van der Waals surface area contributed by atoms with Gasteiger partial charge in [0.25, 0.3) is 0 Å². The van der Waals surface area contributed by atoms with Crippen molar-refractivity contribution in [2.75, 3.05) is 0 Å². The van der Waals surface area contributed by atoms with Crippen molar-refractivity contribution in [3.63, 3.8) is 0 Å². The van der Waals surface area contributed by atoms with Gasteiger partial charge >= 0.3 is 5.97 Å². The van der Waals surface area contributed by atoms with Gasteiger partial charge in [-0.2, -0.15) is 0 Å². The molecule has 0 aromatic carbocycles. The van der Waals surface area contributed by atoms with Crippen LogP contribution in [0.25, 0.3) is 0 Å². The molecule has 0 aromatic heterocycles. The van der Waals surface area contributed by atoms with Crippen LogP contribution in [0.5, 0.6) is 0 Å². The topological polar surface area (TPSA) is 75.6 Å². The van der Waals surface area contributed by atoms with Crippen molar-refractivity contribution < 1.29 is 19.5 Å². The Labute approximate surface area is 141 Å². The number of amides is 1. The lowest BCUT2D eigenvalue weighted by Crippen LogP contribution is -2.21. The molecule has 0 unspecified atom stereocenters. The summed E-state index contributed by atoms with van der Waals surface area (Å²) in [6, 6.07) is 0. The second kappa shape index (κ2) is 17.3. The van der Waals surface area contributed by atoms with Gasteiger partial charge < -0.3 is 5.11 Å². The van der Waals surface area contributed by atoms with Crippen LogP contribution in [0, 0.1) is 6.61 Å². The van der Waals surface area contributed by atoms with Crippen LogP contribution in [-0.4, -0.2) is 17.0 Å². The van der Waals surface area contributed by atoms with Crippen molar-refractivity contribution in [2.24, 2.45) is 0 Å². The average Bonchev–Trinajstić information content (AvgIpc) is 2.52. The molecule has 135 valence electrons. The van der Waals surface area contributed by atoms with E-state index in [2.05, 4.69) is 5.48 Å². The maximum Gasteiger partial charge on any atom is 0.303 e. The Morgan fingerprint density at radius 3 is 1.57 bits per heavy atom. The summed E-state index contributed by atoms with van der Waals surface area (Å²) in [5.41, 5.74) is 2.36. The highest BCUT2D eigenvalue weighted by atomic mass is 16.6. The number of hydroxylamine groups is 1. The van der Waals surface area contributed by atoms with Crippen molar-refractivity contribution in [1.29, 1.82) is 0 Å². The lowest BCUT2D eigenvalue weighted by molar-refractivity contribution is -0.137. The fraction of sp³-hybridized carbons (Fsp3) is 0.833. The smallest absolute Gasteiger partial charge is 0.303 e. The number of unbranched alkanes of at least 4 members (excludes halogenated alkanes) is 11. The molecule has 0 fully saturated rings. The van der Waals surface area contributed by atoms with Crippen molar-refractivity contribution >= 4 is 11.9 Å². The molecule has 2 N–H and O–H groups in total. The Bertz CT molecular complexity index is 295. The highest BCUT2D eigenvalue weighted by Crippen LogP contribution is 2.12. The van der Waals surface area contributed by atoms with Crippen molar-refractivity contribution in [3.05, 3.63) is 6.61 Å². The minimum atomic E-state index is -0.682. The van der Waals surface area contributed by atoms with E-state index in [1.165, 1.54) is 51.6 Å². The lowest BCUT2D eigenvalue weighted by atomic mass is 10.0. The highest BCUT2D eigenvalue weighted by molar-refractivity contribution is 5.74. The van der Waals surface area contributed by atoms with E-state index in [-0.39, 0.29) is 5.91 Å². The van der Waals surface area contributed by atoms with Crippen LogP contribution in [0.15, 0.2) is 0 Å². The Morgan fingerprint density at radius 1 is 0.783 bits per heavy atom. The molecule has 0 rings (SSSR count). The molecular formula is C18H34NO4. The van der Waals surface area contributed by atoms with Gasteiger partial charge in [0.2, 0.25) is 5.91 Å². The van der Waals surface area contributed by atoms with Gasteiger partial charge in [0.1, 0.15) is 6.61 Å². The Morgan fingerprint density at radius 2 is 1.17 bits per heavy atom. The van der Waals surface area contributed by atoms with Gasteiger partial charge in [-0.25, -0.2) is 5.48 Å². The van der Waals surface area contributed by atoms with Gasteiger partial charge in [0, 0.05) is 12.8 Å². The summed E-state index contributed by atoms with van der Waals surface area (Å²) < 4.78 is 0. The molecule has 0 aliphatic heterocycles. The second-order valence-corrected chi connectivity index (χ2v) is 6.02. The first kappa shape index (κ1) is 21.9. The molecule has 0 saturated heterocycles. The molecule has 5 nitrogen and oxygen atoms in total. The van der Waals surface area contributed by atoms with Crippen LogP contribution in [-0.2, 0) is 14.4 Å². The van der Waals surface area contributed by atoms with Crippen LogP contribution in [0.3, 0.4) is 0 Å². The van der Waals surface area contributed by atoms with Crippen LogP contribution in [0.2, 0.25) is 0 Å². The molecule has 0 heterocycles. The van der Waals surface area contributed by atoms with E-state index in [9.17, 15) is 9.59 Å². The molecule has 1 amide bonds. The largest absolute Gasteiger partial charge is 0.481 e. The van der Waals surface area contributed by atoms with Gasteiger partial charge in [0.05, 0.1) is 0 Å². The minimum Gasteiger partial charge on any atom is -0.481 e. The van der Waals surface area contributed by atoms with E-state index in [0.717, 1.165) is 32.1 Å². The van der Waals surface area contributed by atoms with E-state index in [0.29, 0.717) is 12.8 Å². The molecule has 0 bridgehead atoms. The molecule has 0 saturated carbocycles. The van der Waals surface area contributed by atoms with Crippen molar-refractivity contribution in [2.45, 2.75) is 96.8 Å². The molecule has 0 aliphatic carbocycles. The van der Waals surface area contributed by atoms with Crippen LogP contribution in [0.4, 0.5) is 0 Å². The van der Waals surface area contributed by atoms with Crippen molar-refractivity contribution in [1.82, 2.24) is 5.48 Å². The van der Waals surface area contributed by atoms with Gasteiger partial charge in [-0.15, -0.1) is 0 Å². The quantitative estimate of drug-likeness (QED) is 0.298. The first-order chi connectivity index (χ1) is 11.2. The van der Waals surface area contributed by atoms with E-state index in [1.807, 2.05) is 0 Å².